The van der Waals surface area contributed by atoms with Crippen molar-refractivity contribution < 1.29 is 8.42 Å². The van der Waals surface area contributed by atoms with E-state index in [1.54, 1.807) is 12.1 Å². The van der Waals surface area contributed by atoms with E-state index in [9.17, 15) is 8.42 Å². The highest BCUT2D eigenvalue weighted by Gasteiger charge is 2.22. The number of rotatable bonds is 4. The summed E-state index contributed by atoms with van der Waals surface area (Å²) >= 11 is 0. The van der Waals surface area contributed by atoms with Gasteiger partial charge in [0.25, 0.3) is 0 Å². The molecule has 6 heteroatoms. The highest BCUT2D eigenvalue weighted by atomic mass is 32.2. The van der Waals surface area contributed by atoms with Crippen molar-refractivity contribution in [1.82, 2.24) is 10.0 Å². The SMILES string of the molecule is N#CCc1ccc(S(=O)(=O)N[C@H]2CCNC2)cc1. The molecule has 1 aromatic carbocycles. The zero-order chi connectivity index (χ0) is 13.0. The minimum atomic E-state index is -3.45. The molecule has 0 saturated carbocycles. The third-order valence-corrected chi connectivity index (χ3v) is 4.44. The van der Waals surface area contributed by atoms with E-state index < -0.39 is 10.0 Å². The van der Waals surface area contributed by atoms with Crippen LogP contribution < -0.4 is 10.0 Å². The summed E-state index contributed by atoms with van der Waals surface area (Å²) in [4.78, 5) is 0.246. The molecule has 0 spiro atoms. The Morgan fingerprint density at radius 3 is 2.67 bits per heavy atom. The van der Waals surface area contributed by atoms with Crippen LogP contribution in [-0.4, -0.2) is 27.5 Å². The van der Waals surface area contributed by atoms with Gasteiger partial charge in [-0.15, -0.1) is 0 Å². The summed E-state index contributed by atoms with van der Waals surface area (Å²) in [6.07, 6.45) is 1.10. The molecule has 0 amide bonds. The third kappa shape index (κ3) is 3.07. The van der Waals surface area contributed by atoms with Crippen molar-refractivity contribution in [2.24, 2.45) is 0 Å². The van der Waals surface area contributed by atoms with E-state index in [0.717, 1.165) is 18.5 Å². The molecule has 1 aliphatic heterocycles. The van der Waals surface area contributed by atoms with Crippen molar-refractivity contribution in [2.75, 3.05) is 13.1 Å². The lowest BCUT2D eigenvalue weighted by Crippen LogP contribution is -2.36. The molecule has 18 heavy (non-hydrogen) atoms. The molecule has 1 saturated heterocycles. The maximum atomic E-state index is 12.1. The normalized spacial score (nSPS) is 19.6. The van der Waals surface area contributed by atoms with Crippen LogP contribution in [0.1, 0.15) is 12.0 Å². The van der Waals surface area contributed by atoms with Crippen molar-refractivity contribution in [3.63, 3.8) is 0 Å². The van der Waals surface area contributed by atoms with Crippen molar-refractivity contribution in [3.8, 4) is 6.07 Å². The molecule has 2 N–H and O–H groups in total. The fourth-order valence-electron chi connectivity index (χ4n) is 1.92. The average Bonchev–Trinajstić information content (AvgIpc) is 2.82. The Morgan fingerprint density at radius 1 is 1.39 bits per heavy atom. The van der Waals surface area contributed by atoms with Gasteiger partial charge in [-0.2, -0.15) is 5.26 Å². The van der Waals surface area contributed by atoms with E-state index in [-0.39, 0.29) is 10.9 Å². The van der Waals surface area contributed by atoms with E-state index in [0.29, 0.717) is 13.0 Å². The van der Waals surface area contributed by atoms with Gasteiger partial charge in [0.1, 0.15) is 0 Å². The molecule has 0 aliphatic carbocycles. The number of benzene rings is 1. The monoisotopic (exact) mass is 265 g/mol. The van der Waals surface area contributed by atoms with Gasteiger partial charge < -0.3 is 5.32 Å². The molecule has 5 nitrogen and oxygen atoms in total. The summed E-state index contributed by atoms with van der Waals surface area (Å²) in [5.74, 6) is 0. The number of nitrogens with one attached hydrogen (secondary N) is 2. The van der Waals surface area contributed by atoms with E-state index in [1.807, 2.05) is 6.07 Å². The Balaban J connectivity index is 2.11. The highest BCUT2D eigenvalue weighted by molar-refractivity contribution is 7.89. The van der Waals surface area contributed by atoms with Crippen LogP contribution in [0.15, 0.2) is 29.2 Å². The second-order valence-electron chi connectivity index (χ2n) is 4.29. The molecule has 1 aromatic rings. The Hall–Kier alpha value is -1.42. The zero-order valence-electron chi connectivity index (χ0n) is 9.89. The van der Waals surface area contributed by atoms with Gasteiger partial charge in [-0.3, -0.25) is 0 Å². The molecule has 1 aliphatic rings. The first-order valence-corrected chi connectivity index (χ1v) is 7.29. The van der Waals surface area contributed by atoms with Crippen LogP contribution in [0.2, 0.25) is 0 Å². The van der Waals surface area contributed by atoms with Crippen LogP contribution in [0.3, 0.4) is 0 Å². The number of hydrogen-bond donors (Lipinski definition) is 2. The van der Waals surface area contributed by atoms with Crippen LogP contribution in [0.4, 0.5) is 0 Å². The predicted molar refractivity (Wildman–Crippen MR) is 67.4 cm³/mol. The molecule has 1 fully saturated rings. The molecular formula is C12H15N3O2S. The van der Waals surface area contributed by atoms with E-state index >= 15 is 0 Å². The Morgan fingerprint density at radius 2 is 2.11 bits per heavy atom. The van der Waals surface area contributed by atoms with Gasteiger partial charge in [0.15, 0.2) is 0 Å². The Kier molecular flexibility index (Phi) is 3.97. The predicted octanol–water partition coefficient (Wildman–Crippen LogP) is 0.393. The van der Waals surface area contributed by atoms with Crippen LogP contribution in [0.25, 0.3) is 0 Å². The molecule has 1 heterocycles. The summed E-state index contributed by atoms with van der Waals surface area (Å²) in [5.41, 5.74) is 0.819. The summed E-state index contributed by atoms with van der Waals surface area (Å²) in [5, 5.41) is 11.7. The fraction of sp³-hybridized carbons (Fsp3) is 0.417. The Bertz CT molecular complexity index is 540. The number of hydrogen-bond acceptors (Lipinski definition) is 4. The van der Waals surface area contributed by atoms with Gasteiger partial charge in [-0.1, -0.05) is 12.1 Å². The zero-order valence-corrected chi connectivity index (χ0v) is 10.7. The molecule has 0 radical (unpaired) electrons. The lowest BCUT2D eigenvalue weighted by molar-refractivity contribution is 0.560. The molecule has 0 aromatic heterocycles. The largest absolute Gasteiger partial charge is 0.315 e. The van der Waals surface area contributed by atoms with Crippen molar-refractivity contribution >= 4 is 10.0 Å². The van der Waals surface area contributed by atoms with Crippen LogP contribution in [0.5, 0.6) is 0 Å². The van der Waals surface area contributed by atoms with Gasteiger partial charge in [0, 0.05) is 12.6 Å². The van der Waals surface area contributed by atoms with Crippen molar-refractivity contribution in [3.05, 3.63) is 29.8 Å². The fourth-order valence-corrected chi connectivity index (χ4v) is 3.19. The standard InChI is InChI=1S/C12H15N3O2S/c13-7-5-10-1-3-12(4-2-10)18(16,17)15-11-6-8-14-9-11/h1-4,11,14-15H,5-6,8-9H2/t11-/m0/s1. The lowest BCUT2D eigenvalue weighted by atomic mass is 10.2. The Labute approximate surface area is 107 Å². The van der Waals surface area contributed by atoms with Crippen LogP contribution in [-0.2, 0) is 16.4 Å². The smallest absolute Gasteiger partial charge is 0.240 e. The lowest BCUT2D eigenvalue weighted by Gasteiger charge is -2.12. The molecule has 1 atom stereocenters. The van der Waals surface area contributed by atoms with Crippen molar-refractivity contribution in [1.29, 1.82) is 5.26 Å². The average molecular weight is 265 g/mol. The molecular weight excluding hydrogens is 250 g/mol. The second kappa shape index (κ2) is 5.48. The minimum Gasteiger partial charge on any atom is -0.315 e. The number of sulfonamides is 1. The van der Waals surface area contributed by atoms with Crippen LogP contribution in [0, 0.1) is 11.3 Å². The van der Waals surface area contributed by atoms with Crippen molar-refractivity contribution in [2.45, 2.75) is 23.8 Å². The quantitative estimate of drug-likeness (QED) is 0.825. The molecule has 96 valence electrons. The molecule has 0 bridgehead atoms. The highest BCUT2D eigenvalue weighted by Crippen LogP contribution is 2.12. The van der Waals surface area contributed by atoms with Gasteiger partial charge >= 0.3 is 0 Å². The van der Waals surface area contributed by atoms with Crippen LogP contribution >= 0.6 is 0 Å². The molecule has 2 rings (SSSR count). The maximum absolute atomic E-state index is 12.1. The van der Waals surface area contributed by atoms with Gasteiger partial charge in [0.2, 0.25) is 10.0 Å². The first-order valence-electron chi connectivity index (χ1n) is 5.81. The maximum Gasteiger partial charge on any atom is 0.240 e. The first-order chi connectivity index (χ1) is 8.62. The minimum absolute atomic E-state index is 0.0335. The third-order valence-electron chi connectivity index (χ3n) is 2.90. The van der Waals surface area contributed by atoms with E-state index in [4.69, 9.17) is 5.26 Å². The van der Waals surface area contributed by atoms with E-state index in [1.165, 1.54) is 12.1 Å². The van der Waals surface area contributed by atoms with Gasteiger partial charge in [0.05, 0.1) is 17.4 Å². The van der Waals surface area contributed by atoms with E-state index in [2.05, 4.69) is 10.0 Å². The number of nitriles is 1. The first kappa shape index (κ1) is 13.0. The molecule has 0 unspecified atom stereocenters. The summed E-state index contributed by atoms with van der Waals surface area (Å²) < 4.78 is 26.8. The van der Waals surface area contributed by atoms with Gasteiger partial charge in [-0.05, 0) is 30.7 Å². The summed E-state index contributed by atoms with van der Waals surface area (Å²) in [6, 6.07) is 8.41. The second-order valence-corrected chi connectivity index (χ2v) is 6.00. The number of nitrogens with zero attached hydrogens (tertiary/aromatic N) is 1. The summed E-state index contributed by atoms with van der Waals surface area (Å²) in [6.45, 7) is 1.51. The topological polar surface area (TPSA) is 82.0 Å². The summed E-state index contributed by atoms with van der Waals surface area (Å²) in [7, 11) is -3.45. The van der Waals surface area contributed by atoms with Gasteiger partial charge in [-0.25, -0.2) is 13.1 Å².